The van der Waals surface area contributed by atoms with Gasteiger partial charge in [0.2, 0.25) is 0 Å². The molecule has 0 saturated carbocycles. The summed E-state index contributed by atoms with van der Waals surface area (Å²) in [7, 11) is 1.95. The first-order valence-electron chi connectivity index (χ1n) is 6.61. The molecule has 1 aromatic heterocycles. The Balaban J connectivity index is 1.52. The summed E-state index contributed by atoms with van der Waals surface area (Å²) in [5.74, 6) is 0.588. The molecule has 94 valence electrons. The van der Waals surface area contributed by atoms with Gasteiger partial charge < -0.3 is 10.5 Å². The average molecular weight is 235 g/mol. The largest absolute Gasteiger partial charge is 0.375 e. The maximum Gasteiger partial charge on any atom is 0.0623 e. The van der Waals surface area contributed by atoms with Gasteiger partial charge in [0.05, 0.1) is 18.4 Å². The SMILES string of the molecule is Cn1cc(CCC(N)C2CC3CCC2O3)cn1. The van der Waals surface area contributed by atoms with Crippen LogP contribution < -0.4 is 5.73 Å². The molecule has 2 aliphatic rings. The van der Waals surface area contributed by atoms with Gasteiger partial charge in [0.15, 0.2) is 0 Å². The Bertz CT molecular complexity index is 390. The summed E-state index contributed by atoms with van der Waals surface area (Å²) >= 11 is 0. The van der Waals surface area contributed by atoms with Crippen LogP contribution in [0.25, 0.3) is 0 Å². The first-order valence-corrected chi connectivity index (χ1v) is 6.61. The van der Waals surface area contributed by atoms with E-state index in [4.69, 9.17) is 10.5 Å². The number of nitrogens with zero attached hydrogens (tertiary/aromatic N) is 2. The lowest BCUT2D eigenvalue weighted by Gasteiger charge is -2.25. The molecule has 0 radical (unpaired) electrons. The van der Waals surface area contributed by atoms with E-state index < -0.39 is 0 Å². The standard InChI is InChI=1S/C13H21N3O/c1-16-8-9(7-15-16)2-4-12(14)11-6-10-3-5-13(11)17-10/h7-8,10-13H,2-6,14H2,1H3. The maximum absolute atomic E-state index is 6.31. The summed E-state index contributed by atoms with van der Waals surface area (Å²) < 4.78 is 7.71. The molecular weight excluding hydrogens is 214 g/mol. The lowest BCUT2D eigenvalue weighted by atomic mass is 9.82. The van der Waals surface area contributed by atoms with Crippen LogP contribution in [-0.4, -0.2) is 28.0 Å². The lowest BCUT2D eigenvalue weighted by Crippen LogP contribution is -2.36. The summed E-state index contributed by atoms with van der Waals surface area (Å²) in [6.45, 7) is 0. The van der Waals surface area contributed by atoms with Gasteiger partial charge in [0.25, 0.3) is 0 Å². The smallest absolute Gasteiger partial charge is 0.0623 e. The molecule has 2 aliphatic heterocycles. The van der Waals surface area contributed by atoms with Crippen molar-refractivity contribution in [1.82, 2.24) is 9.78 Å². The van der Waals surface area contributed by atoms with Gasteiger partial charge in [0, 0.05) is 25.2 Å². The normalized spacial score (nSPS) is 33.2. The lowest BCUT2D eigenvalue weighted by molar-refractivity contribution is 0.0879. The molecule has 2 saturated heterocycles. The Labute approximate surface area is 102 Å². The van der Waals surface area contributed by atoms with Crippen LogP contribution >= 0.6 is 0 Å². The third-order valence-electron chi connectivity index (χ3n) is 4.23. The molecule has 0 amide bonds. The summed E-state index contributed by atoms with van der Waals surface area (Å²) in [5, 5.41) is 4.18. The highest BCUT2D eigenvalue weighted by Crippen LogP contribution is 2.40. The van der Waals surface area contributed by atoms with Crippen LogP contribution in [0.15, 0.2) is 12.4 Å². The van der Waals surface area contributed by atoms with E-state index in [1.54, 1.807) is 0 Å². The fourth-order valence-electron chi connectivity index (χ4n) is 3.28. The van der Waals surface area contributed by atoms with Crippen LogP contribution in [0.3, 0.4) is 0 Å². The van der Waals surface area contributed by atoms with Gasteiger partial charge >= 0.3 is 0 Å². The van der Waals surface area contributed by atoms with Gasteiger partial charge in [-0.2, -0.15) is 5.10 Å². The Kier molecular flexibility index (Phi) is 2.92. The summed E-state index contributed by atoms with van der Waals surface area (Å²) in [4.78, 5) is 0. The molecule has 4 unspecified atom stereocenters. The summed E-state index contributed by atoms with van der Waals surface area (Å²) in [6, 6.07) is 0.283. The van der Waals surface area contributed by atoms with E-state index in [2.05, 4.69) is 11.3 Å². The zero-order valence-corrected chi connectivity index (χ0v) is 10.4. The van der Waals surface area contributed by atoms with Crippen molar-refractivity contribution in [2.75, 3.05) is 0 Å². The number of hydrogen-bond donors (Lipinski definition) is 1. The van der Waals surface area contributed by atoms with Gasteiger partial charge in [0.1, 0.15) is 0 Å². The fourth-order valence-corrected chi connectivity index (χ4v) is 3.28. The number of aromatic nitrogens is 2. The van der Waals surface area contributed by atoms with E-state index in [0.29, 0.717) is 18.1 Å². The first kappa shape index (κ1) is 11.2. The Morgan fingerprint density at radius 3 is 3.06 bits per heavy atom. The number of rotatable bonds is 4. The monoisotopic (exact) mass is 235 g/mol. The molecule has 4 atom stereocenters. The van der Waals surface area contributed by atoms with Crippen LogP contribution in [0.1, 0.15) is 31.2 Å². The molecule has 0 aliphatic carbocycles. The van der Waals surface area contributed by atoms with E-state index in [1.807, 2.05) is 17.9 Å². The first-order chi connectivity index (χ1) is 8.22. The second-order valence-corrected chi connectivity index (χ2v) is 5.50. The summed E-state index contributed by atoms with van der Waals surface area (Å²) in [5.41, 5.74) is 7.60. The predicted octanol–water partition coefficient (Wildman–Crippen LogP) is 1.25. The molecular formula is C13H21N3O. The minimum Gasteiger partial charge on any atom is -0.375 e. The molecule has 4 nitrogen and oxygen atoms in total. The van der Waals surface area contributed by atoms with E-state index in [9.17, 15) is 0 Å². The highest BCUT2D eigenvalue weighted by molar-refractivity contribution is 5.05. The van der Waals surface area contributed by atoms with Gasteiger partial charge in [-0.1, -0.05) is 0 Å². The molecule has 3 heterocycles. The van der Waals surface area contributed by atoms with Gasteiger partial charge in [-0.3, -0.25) is 4.68 Å². The maximum atomic E-state index is 6.31. The molecule has 2 fully saturated rings. The Morgan fingerprint density at radius 2 is 2.47 bits per heavy atom. The number of hydrogen-bond acceptors (Lipinski definition) is 3. The zero-order valence-electron chi connectivity index (χ0n) is 10.4. The average Bonchev–Trinajstić information content (AvgIpc) is 3.01. The number of nitrogens with two attached hydrogens (primary N) is 1. The Hall–Kier alpha value is -0.870. The molecule has 0 aromatic carbocycles. The van der Waals surface area contributed by atoms with Crippen LogP contribution in [0.2, 0.25) is 0 Å². The van der Waals surface area contributed by atoms with Crippen molar-refractivity contribution >= 4 is 0 Å². The van der Waals surface area contributed by atoms with Crippen LogP contribution in [0.5, 0.6) is 0 Å². The van der Waals surface area contributed by atoms with E-state index in [1.165, 1.54) is 24.8 Å². The second-order valence-electron chi connectivity index (χ2n) is 5.50. The van der Waals surface area contributed by atoms with Crippen molar-refractivity contribution < 1.29 is 4.74 Å². The molecule has 1 aromatic rings. The molecule has 17 heavy (non-hydrogen) atoms. The third kappa shape index (κ3) is 2.24. The molecule has 2 N–H and O–H groups in total. The fraction of sp³-hybridized carbons (Fsp3) is 0.769. The zero-order chi connectivity index (χ0) is 11.8. The number of aryl methyl sites for hydroxylation is 2. The minimum absolute atomic E-state index is 0.283. The van der Waals surface area contributed by atoms with E-state index in [-0.39, 0.29) is 6.04 Å². The molecule has 2 bridgehead atoms. The quantitative estimate of drug-likeness (QED) is 0.854. The number of fused-ring (bicyclic) bond motifs is 2. The highest BCUT2D eigenvalue weighted by Gasteiger charge is 2.42. The van der Waals surface area contributed by atoms with Gasteiger partial charge in [-0.25, -0.2) is 0 Å². The minimum atomic E-state index is 0.283. The van der Waals surface area contributed by atoms with E-state index in [0.717, 1.165) is 12.8 Å². The molecule has 4 heteroatoms. The topological polar surface area (TPSA) is 53.1 Å². The molecule has 0 spiro atoms. The second kappa shape index (κ2) is 4.42. The van der Waals surface area contributed by atoms with Crippen LogP contribution in [0.4, 0.5) is 0 Å². The van der Waals surface area contributed by atoms with Gasteiger partial charge in [-0.05, 0) is 37.7 Å². The van der Waals surface area contributed by atoms with Crippen molar-refractivity contribution in [3.8, 4) is 0 Å². The molecule has 3 rings (SSSR count). The number of ether oxygens (including phenoxy) is 1. The van der Waals surface area contributed by atoms with Crippen molar-refractivity contribution in [2.24, 2.45) is 18.7 Å². The van der Waals surface area contributed by atoms with Crippen molar-refractivity contribution in [3.05, 3.63) is 18.0 Å². The summed E-state index contributed by atoms with van der Waals surface area (Å²) in [6.07, 6.45) is 10.7. The van der Waals surface area contributed by atoms with Crippen molar-refractivity contribution in [2.45, 2.75) is 50.4 Å². The van der Waals surface area contributed by atoms with Crippen molar-refractivity contribution in [1.29, 1.82) is 0 Å². The van der Waals surface area contributed by atoms with Gasteiger partial charge in [-0.15, -0.1) is 0 Å². The van der Waals surface area contributed by atoms with Crippen LogP contribution in [-0.2, 0) is 18.2 Å². The third-order valence-corrected chi connectivity index (χ3v) is 4.23. The van der Waals surface area contributed by atoms with Crippen molar-refractivity contribution in [3.63, 3.8) is 0 Å². The van der Waals surface area contributed by atoms with E-state index >= 15 is 0 Å². The van der Waals surface area contributed by atoms with Crippen LogP contribution in [0, 0.1) is 5.92 Å². The highest BCUT2D eigenvalue weighted by atomic mass is 16.5. The Morgan fingerprint density at radius 1 is 1.59 bits per heavy atom. The predicted molar refractivity (Wildman–Crippen MR) is 65.5 cm³/mol.